The summed E-state index contributed by atoms with van der Waals surface area (Å²) in [4.78, 5) is 3.09. The van der Waals surface area contributed by atoms with Crippen LogP contribution in [0, 0.1) is 0 Å². The van der Waals surface area contributed by atoms with Crippen LogP contribution in [0.4, 0.5) is 0 Å². The third-order valence-corrected chi connectivity index (χ3v) is 1.43. The first-order valence-corrected chi connectivity index (χ1v) is 2.70. The molecule has 2 heterocycles. The van der Waals surface area contributed by atoms with Crippen molar-refractivity contribution in [2.75, 3.05) is 0 Å². The van der Waals surface area contributed by atoms with Crippen molar-refractivity contribution in [2.45, 2.75) is 13.2 Å². The number of H-pyrrole nitrogens is 1. The van der Waals surface area contributed by atoms with E-state index in [1.165, 1.54) is 11.3 Å². The summed E-state index contributed by atoms with van der Waals surface area (Å²) in [7, 11) is 0. The molecule has 1 N–H and O–H groups in total. The molecule has 0 fully saturated rings. The van der Waals surface area contributed by atoms with Crippen LogP contribution in [0.15, 0.2) is 12.3 Å². The summed E-state index contributed by atoms with van der Waals surface area (Å²) in [6, 6.07) is 2.06. The van der Waals surface area contributed by atoms with E-state index >= 15 is 0 Å². The van der Waals surface area contributed by atoms with Crippen LogP contribution >= 0.6 is 0 Å². The lowest BCUT2D eigenvalue weighted by atomic mass is 10.3. The summed E-state index contributed by atoms with van der Waals surface area (Å²) in [5, 5.41) is 0. The van der Waals surface area contributed by atoms with Crippen molar-refractivity contribution in [3.63, 3.8) is 0 Å². The molecule has 0 radical (unpaired) electrons. The Morgan fingerprint density at radius 3 is 3.38 bits per heavy atom. The highest BCUT2D eigenvalue weighted by Crippen LogP contribution is 2.16. The molecule has 2 heteroatoms. The average molecular weight is 109 g/mol. The quantitative estimate of drug-likeness (QED) is 0.529. The van der Waals surface area contributed by atoms with Gasteiger partial charge in [-0.05, 0) is 6.07 Å². The lowest BCUT2D eigenvalue weighted by Gasteiger charge is -1.82. The van der Waals surface area contributed by atoms with Gasteiger partial charge in [0.2, 0.25) is 0 Å². The van der Waals surface area contributed by atoms with Gasteiger partial charge in [-0.1, -0.05) is 0 Å². The summed E-state index contributed by atoms with van der Waals surface area (Å²) in [6.45, 7) is 1.56. The molecule has 0 atom stereocenters. The Labute approximate surface area is 47.5 Å². The van der Waals surface area contributed by atoms with E-state index < -0.39 is 0 Å². The van der Waals surface area contributed by atoms with Gasteiger partial charge in [-0.3, -0.25) is 0 Å². The Bertz CT molecular complexity index is 174. The fraction of sp³-hybridized carbons (Fsp3) is 0.333. The van der Waals surface area contributed by atoms with E-state index in [-0.39, 0.29) is 0 Å². The third-order valence-electron chi connectivity index (χ3n) is 1.43. The summed E-state index contributed by atoms with van der Waals surface area (Å²) in [5.74, 6) is 0. The molecule has 42 valence electrons. The summed E-state index contributed by atoms with van der Waals surface area (Å²) < 4.78 is 5.12. The predicted octanol–water partition coefficient (Wildman–Crippen LogP) is 1.04. The van der Waals surface area contributed by atoms with E-state index in [4.69, 9.17) is 4.74 Å². The van der Waals surface area contributed by atoms with Gasteiger partial charge in [0.25, 0.3) is 0 Å². The SMILES string of the molecule is c1cc2c([nH]1)COC2. The predicted molar refractivity (Wildman–Crippen MR) is 29.3 cm³/mol. The second-order valence-electron chi connectivity index (χ2n) is 1.97. The number of aromatic nitrogens is 1. The molecule has 2 nitrogen and oxygen atoms in total. The Kier molecular flexibility index (Phi) is 0.704. The summed E-state index contributed by atoms with van der Waals surface area (Å²) >= 11 is 0. The highest BCUT2D eigenvalue weighted by Gasteiger charge is 2.09. The molecule has 1 aromatic rings. The minimum absolute atomic E-state index is 0.766. The molecule has 0 aliphatic carbocycles. The highest BCUT2D eigenvalue weighted by atomic mass is 16.5. The van der Waals surface area contributed by atoms with Gasteiger partial charge in [-0.2, -0.15) is 0 Å². The number of aromatic amines is 1. The first-order chi connectivity index (χ1) is 3.97. The number of ether oxygens (including phenoxy) is 1. The van der Waals surface area contributed by atoms with Crippen LogP contribution in [-0.4, -0.2) is 4.98 Å². The smallest absolute Gasteiger partial charge is 0.0873 e. The monoisotopic (exact) mass is 109 g/mol. The second kappa shape index (κ2) is 1.36. The number of rotatable bonds is 0. The van der Waals surface area contributed by atoms with Crippen molar-refractivity contribution in [3.8, 4) is 0 Å². The van der Waals surface area contributed by atoms with Gasteiger partial charge >= 0.3 is 0 Å². The summed E-state index contributed by atoms with van der Waals surface area (Å²) in [5.41, 5.74) is 2.55. The minimum Gasteiger partial charge on any atom is -0.370 e. The molecule has 0 amide bonds. The number of hydrogen-bond acceptors (Lipinski definition) is 1. The van der Waals surface area contributed by atoms with Crippen LogP contribution in [0.5, 0.6) is 0 Å². The molecule has 0 saturated heterocycles. The lowest BCUT2D eigenvalue weighted by Crippen LogP contribution is -1.76. The van der Waals surface area contributed by atoms with E-state index in [0.29, 0.717) is 0 Å². The standard InChI is InChI=1S/C6H7NO/c1-2-7-6-4-8-3-5(1)6/h1-2,7H,3-4H2. The van der Waals surface area contributed by atoms with Crippen molar-refractivity contribution in [2.24, 2.45) is 0 Å². The molecular weight excluding hydrogens is 102 g/mol. The molecule has 8 heavy (non-hydrogen) atoms. The zero-order chi connectivity index (χ0) is 5.40. The van der Waals surface area contributed by atoms with Crippen LogP contribution in [0.25, 0.3) is 0 Å². The molecule has 0 aromatic carbocycles. The zero-order valence-corrected chi connectivity index (χ0v) is 4.48. The van der Waals surface area contributed by atoms with Crippen molar-refractivity contribution in [1.82, 2.24) is 4.98 Å². The molecule has 2 rings (SSSR count). The van der Waals surface area contributed by atoms with Gasteiger partial charge in [0.1, 0.15) is 0 Å². The molecule has 0 saturated carbocycles. The Morgan fingerprint density at radius 2 is 2.50 bits per heavy atom. The molecule has 1 aliphatic heterocycles. The van der Waals surface area contributed by atoms with Crippen molar-refractivity contribution >= 4 is 0 Å². The lowest BCUT2D eigenvalue weighted by molar-refractivity contribution is 0.132. The maximum Gasteiger partial charge on any atom is 0.0873 e. The van der Waals surface area contributed by atoms with Gasteiger partial charge in [0.15, 0.2) is 0 Å². The van der Waals surface area contributed by atoms with Crippen LogP contribution < -0.4 is 0 Å². The normalized spacial score (nSPS) is 16.5. The largest absolute Gasteiger partial charge is 0.370 e. The first kappa shape index (κ1) is 4.15. The van der Waals surface area contributed by atoms with E-state index in [1.807, 2.05) is 6.20 Å². The maximum absolute atomic E-state index is 5.12. The van der Waals surface area contributed by atoms with E-state index in [9.17, 15) is 0 Å². The second-order valence-corrected chi connectivity index (χ2v) is 1.97. The molecule has 0 bridgehead atoms. The van der Waals surface area contributed by atoms with Crippen LogP contribution in [0.3, 0.4) is 0 Å². The zero-order valence-electron chi connectivity index (χ0n) is 4.48. The fourth-order valence-electron chi connectivity index (χ4n) is 0.969. The van der Waals surface area contributed by atoms with Crippen LogP contribution in [-0.2, 0) is 18.0 Å². The van der Waals surface area contributed by atoms with Crippen molar-refractivity contribution in [3.05, 3.63) is 23.5 Å². The van der Waals surface area contributed by atoms with Gasteiger partial charge < -0.3 is 9.72 Å². The van der Waals surface area contributed by atoms with E-state index in [1.54, 1.807) is 0 Å². The average Bonchev–Trinajstić information content (AvgIpc) is 2.15. The molecule has 1 aromatic heterocycles. The van der Waals surface area contributed by atoms with Gasteiger partial charge in [-0.15, -0.1) is 0 Å². The molecular formula is C6H7NO. The Hall–Kier alpha value is -0.760. The number of fused-ring (bicyclic) bond motifs is 1. The topological polar surface area (TPSA) is 25.0 Å². The number of hydrogen-bond donors (Lipinski definition) is 1. The first-order valence-electron chi connectivity index (χ1n) is 2.70. The Morgan fingerprint density at radius 1 is 1.50 bits per heavy atom. The van der Waals surface area contributed by atoms with Gasteiger partial charge in [0.05, 0.1) is 13.2 Å². The van der Waals surface area contributed by atoms with Gasteiger partial charge in [0, 0.05) is 17.5 Å². The third kappa shape index (κ3) is 0.406. The van der Waals surface area contributed by atoms with Gasteiger partial charge in [-0.25, -0.2) is 0 Å². The maximum atomic E-state index is 5.12. The van der Waals surface area contributed by atoms with E-state index in [2.05, 4.69) is 11.1 Å². The van der Waals surface area contributed by atoms with Crippen LogP contribution in [0.2, 0.25) is 0 Å². The highest BCUT2D eigenvalue weighted by molar-refractivity contribution is 5.21. The Balaban J connectivity index is 2.54. The molecule has 1 aliphatic rings. The van der Waals surface area contributed by atoms with Crippen molar-refractivity contribution < 1.29 is 4.74 Å². The molecule has 0 unspecified atom stereocenters. The van der Waals surface area contributed by atoms with Crippen molar-refractivity contribution in [1.29, 1.82) is 0 Å². The molecule has 0 spiro atoms. The fourth-order valence-corrected chi connectivity index (χ4v) is 0.969. The van der Waals surface area contributed by atoms with Crippen LogP contribution in [0.1, 0.15) is 11.3 Å². The number of nitrogens with one attached hydrogen (secondary N) is 1. The summed E-state index contributed by atoms with van der Waals surface area (Å²) in [6.07, 6.45) is 1.95. The van der Waals surface area contributed by atoms with E-state index in [0.717, 1.165) is 13.2 Å². The minimum atomic E-state index is 0.766.